The van der Waals surface area contributed by atoms with Gasteiger partial charge in [0.1, 0.15) is 5.82 Å². The Hall–Kier alpha value is -2.96. The summed E-state index contributed by atoms with van der Waals surface area (Å²) in [7, 11) is 0. The van der Waals surface area contributed by atoms with Gasteiger partial charge in [-0.1, -0.05) is 18.2 Å². The van der Waals surface area contributed by atoms with Crippen molar-refractivity contribution in [2.75, 3.05) is 5.32 Å². The summed E-state index contributed by atoms with van der Waals surface area (Å²) < 4.78 is 19.1. The maximum absolute atomic E-state index is 13.6. The third kappa shape index (κ3) is 2.73. The molecule has 0 radical (unpaired) electrons. The van der Waals surface area contributed by atoms with E-state index in [1.807, 2.05) is 0 Å². The minimum Gasteiger partial charge on any atom is -0.464 e. The number of fused-ring (bicyclic) bond motifs is 1. The summed E-state index contributed by atoms with van der Waals surface area (Å²) in [6, 6.07) is 9.31. The number of rotatable bonds is 3. The van der Waals surface area contributed by atoms with Crippen LogP contribution in [0.2, 0.25) is 0 Å². The van der Waals surface area contributed by atoms with Crippen LogP contribution >= 0.6 is 0 Å². The van der Waals surface area contributed by atoms with Crippen LogP contribution in [0.5, 0.6) is 5.75 Å². The van der Waals surface area contributed by atoms with Crippen LogP contribution < -0.4 is 15.4 Å². The molecule has 1 aromatic heterocycles. The Bertz CT molecular complexity index is 781. The van der Waals surface area contributed by atoms with Gasteiger partial charge < -0.3 is 15.4 Å². The van der Waals surface area contributed by atoms with E-state index in [1.54, 1.807) is 30.3 Å². The number of halogens is 1. The molecule has 23 heavy (non-hydrogen) atoms. The topological polar surface area (TPSA) is 80.3 Å². The van der Waals surface area contributed by atoms with Crippen LogP contribution in [0.25, 0.3) is 0 Å². The van der Waals surface area contributed by atoms with Gasteiger partial charge in [0.2, 0.25) is 0 Å². The Morgan fingerprint density at radius 3 is 2.91 bits per heavy atom. The molecule has 0 unspecified atom stereocenters. The van der Waals surface area contributed by atoms with Crippen molar-refractivity contribution in [3.05, 3.63) is 54.0 Å². The molecule has 2 heterocycles. The number of anilines is 1. The van der Waals surface area contributed by atoms with E-state index in [9.17, 15) is 14.0 Å². The average Bonchev–Trinajstić information content (AvgIpc) is 2.55. The van der Waals surface area contributed by atoms with Crippen molar-refractivity contribution in [3.8, 4) is 5.75 Å². The number of benzene rings is 1. The van der Waals surface area contributed by atoms with Gasteiger partial charge in [0.25, 0.3) is 17.4 Å². The minimum absolute atomic E-state index is 0.0440. The molecule has 0 saturated heterocycles. The molecule has 1 aromatic carbocycles. The van der Waals surface area contributed by atoms with Gasteiger partial charge in [-0.2, -0.15) is 0 Å². The molecule has 0 saturated carbocycles. The lowest BCUT2D eigenvalue weighted by atomic mass is 10.0. The zero-order chi connectivity index (χ0) is 16.4. The largest absolute Gasteiger partial charge is 0.464 e. The number of hydrogen-bond acceptors (Lipinski definition) is 4. The van der Waals surface area contributed by atoms with Gasteiger partial charge in [0.05, 0.1) is 0 Å². The lowest BCUT2D eigenvalue weighted by Gasteiger charge is -2.32. The second-order valence-electron chi connectivity index (χ2n) is 5.21. The van der Waals surface area contributed by atoms with Crippen molar-refractivity contribution in [3.63, 3.8) is 0 Å². The van der Waals surface area contributed by atoms with Crippen molar-refractivity contribution in [1.82, 2.24) is 10.3 Å². The molecule has 1 aliphatic heterocycles. The first-order valence-corrected chi connectivity index (χ1v) is 6.98. The Kier molecular flexibility index (Phi) is 3.69. The Labute approximate surface area is 131 Å². The fraction of sp³-hybridized carbons (Fsp3) is 0.188. The third-order valence-corrected chi connectivity index (χ3v) is 3.58. The minimum atomic E-state index is -1.75. The SMILES string of the molecule is C[C@]1(C(=O)NCc2ccccc2F)Oc2cccnc2NC1=O. The zero-order valence-electron chi connectivity index (χ0n) is 12.3. The van der Waals surface area contributed by atoms with Gasteiger partial charge in [0.15, 0.2) is 11.6 Å². The highest BCUT2D eigenvalue weighted by Crippen LogP contribution is 2.31. The summed E-state index contributed by atoms with van der Waals surface area (Å²) in [6.45, 7) is 1.31. The second kappa shape index (κ2) is 5.68. The van der Waals surface area contributed by atoms with Gasteiger partial charge in [-0.15, -0.1) is 0 Å². The molecule has 1 aliphatic rings. The van der Waals surface area contributed by atoms with Crippen LogP contribution in [0.1, 0.15) is 12.5 Å². The zero-order valence-corrected chi connectivity index (χ0v) is 12.3. The van der Waals surface area contributed by atoms with Crippen molar-refractivity contribution >= 4 is 17.6 Å². The van der Waals surface area contributed by atoms with Crippen LogP contribution in [-0.2, 0) is 16.1 Å². The predicted molar refractivity (Wildman–Crippen MR) is 80.1 cm³/mol. The van der Waals surface area contributed by atoms with E-state index in [0.29, 0.717) is 11.3 Å². The highest BCUT2D eigenvalue weighted by molar-refractivity contribution is 6.15. The number of nitrogens with one attached hydrogen (secondary N) is 2. The highest BCUT2D eigenvalue weighted by Gasteiger charge is 2.47. The van der Waals surface area contributed by atoms with Gasteiger partial charge >= 0.3 is 0 Å². The monoisotopic (exact) mass is 315 g/mol. The summed E-state index contributed by atoms with van der Waals surface area (Å²) in [5.74, 6) is -1.16. The number of nitrogens with zero attached hydrogens (tertiary/aromatic N) is 1. The molecule has 2 aromatic rings. The highest BCUT2D eigenvalue weighted by atomic mass is 19.1. The van der Waals surface area contributed by atoms with Crippen LogP contribution in [0.15, 0.2) is 42.6 Å². The maximum Gasteiger partial charge on any atom is 0.279 e. The molecule has 6 nitrogen and oxygen atoms in total. The molecule has 0 fully saturated rings. The molecule has 7 heteroatoms. The first-order chi connectivity index (χ1) is 11.0. The standard InChI is InChI=1S/C16H14FN3O3/c1-16(14(21)19-9-10-5-2-3-6-11(10)17)15(22)20-13-12(23-16)7-4-8-18-13/h2-8H,9H2,1H3,(H,19,21)(H,18,20,22)/t16-/m1/s1. The molecule has 1 atom stereocenters. The number of ether oxygens (including phenoxy) is 1. The molecule has 0 aliphatic carbocycles. The summed E-state index contributed by atoms with van der Waals surface area (Å²) in [5, 5.41) is 5.06. The van der Waals surface area contributed by atoms with E-state index in [2.05, 4.69) is 15.6 Å². The van der Waals surface area contributed by atoms with Gasteiger partial charge in [-0.25, -0.2) is 9.37 Å². The predicted octanol–water partition coefficient (Wildman–Crippen LogP) is 1.63. The average molecular weight is 315 g/mol. The number of pyridine rings is 1. The number of carbonyl (C=O) groups is 2. The first kappa shape index (κ1) is 15.0. The van der Waals surface area contributed by atoms with E-state index in [0.717, 1.165) is 0 Å². The van der Waals surface area contributed by atoms with E-state index < -0.39 is 23.2 Å². The lowest BCUT2D eigenvalue weighted by molar-refractivity contribution is -0.146. The Morgan fingerprint density at radius 1 is 1.35 bits per heavy atom. The molecule has 3 rings (SSSR count). The van der Waals surface area contributed by atoms with Crippen molar-refractivity contribution < 1.29 is 18.7 Å². The van der Waals surface area contributed by atoms with Crippen molar-refractivity contribution in [2.45, 2.75) is 19.1 Å². The summed E-state index contributed by atoms with van der Waals surface area (Å²) in [4.78, 5) is 28.5. The second-order valence-corrected chi connectivity index (χ2v) is 5.21. The summed E-state index contributed by atoms with van der Waals surface area (Å²) >= 11 is 0. The fourth-order valence-corrected chi connectivity index (χ4v) is 2.20. The molecular formula is C16H14FN3O3. The van der Waals surface area contributed by atoms with Crippen molar-refractivity contribution in [1.29, 1.82) is 0 Å². The van der Waals surface area contributed by atoms with E-state index >= 15 is 0 Å². The smallest absolute Gasteiger partial charge is 0.279 e. The quantitative estimate of drug-likeness (QED) is 0.844. The van der Waals surface area contributed by atoms with Crippen molar-refractivity contribution in [2.24, 2.45) is 0 Å². The van der Waals surface area contributed by atoms with Crippen LogP contribution in [0.4, 0.5) is 10.2 Å². The molecule has 118 valence electrons. The fourth-order valence-electron chi connectivity index (χ4n) is 2.20. The number of carbonyl (C=O) groups excluding carboxylic acids is 2. The molecule has 0 bridgehead atoms. The van der Waals surface area contributed by atoms with Crippen LogP contribution in [0.3, 0.4) is 0 Å². The molecule has 2 amide bonds. The van der Waals surface area contributed by atoms with E-state index in [4.69, 9.17) is 4.74 Å². The van der Waals surface area contributed by atoms with Gasteiger partial charge in [-0.05, 0) is 25.1 Å². The summed E-state index contributed by atoms with van der Waals surface area (Å²) in [6.07, 6.45) is 1.50. The Morgan fingerprint density at radius 2 is 2.13 bits per heavy atom. The van der Waals surface area contributed by atoms with Crippen LogP contribution in [-0.4, -0.2) is 22.4 Å². The molecule has 0 spiro atoms. The molecular weight excluding hydrogens is 301 g/mol. The number of aromatic nitrogens is 1. The normalized spacial score (nSPS) is 19.3. The summed E-state index contributed by atoms with van der Waals surface area (Å²) in [5.41, 5.74) is -1.43. The van der Waals surface area contributed by atoms with Crippen LogP contribution in [0, 0.1) is 5.82 Å². The maximum atomic E-state index is 13.6. The van der Waals surface area contributed by atoms with E-state index in [-0.39, 0.29) is 12.4 Å². The number of hydrogen-bond donors (Lipinski definition) is 2. The van der Waals surface area contributed by atoms with Gasteiger partial charge in [-0.3, -0.25) is 9.59 Å². The Balaban J connectivity index is 1.76. The number of amides is 2. The first-order valence-electron chi connectivity index (χ1n) is 6.98. The van der Waals surface area contributed by atoms with Gasteiger partial charge in [0, 0.05) is 18.3 Å². The van der Waals surface area contributed by atoms with E-state index in [1.165, 1.54) is 19.2 Å². The molecule has 2 N–H and O–H groups in total. The third-order valence-electron chi connectivity index (χ3n) is 3.58. The lowest BCUT2D eigenvalue weighted by Crippen LogP contribution is -2.58.